The second-order valence-electron chi connectivity index (χ2n) is 2.01. The van der Waals surface area contributed by atoms with E-state index in [0.29, 0.717) is 0 Å². The lowest BCUT2D eigenvalue weighted by Crippen LogP contribution is -2.17. The van der Waals surface area contributed by atoms with Gasteiger partial charge in [0.2, 0.25) is 0 Å². The number of fused-ring (bicyclic) bond motifs is 1. The first-order chi connectivity index (χ1) is 5.40. The molecule has 0 spiro atoms. The summed E-state index contributed by atoms with van der Waals surface area (Å²) in [6, 6.07) is 0. The molecule has 4 nitrogen and oxygen atoms in total. The molecular weight excluding hydrogens is 257 g/mol. The Morgan fingerprint density at radius 3 is 3.36 bits per heavy atom. The van der Waals surface area contributed by atoms with Crippen LogP contribution in [0, 0.1) is 0 Å². The van der Waals surface area contributed by atoms with Crippen LogP contribution in [0.15, 0.2) is 30.6 Å². The fourth-order valence-corrected chi connectivity index (χ4v) is 2.06. The van der Waals surface area contributed by atoms with Crippen LogP contribution in [-0.4, -0.2) is 18.0 Å². The topological polar surface area (TPSA) is 37.2 Å². The third kappa shape index (κ3) is 1.20. The van der Waals surface area contributed by atoms with Gasteiger partial charge in [0.05, 0.1) is 7.11 Å². The Kier molecular flexibility index (Phi) is 1.72. The number of allylic oxidation sites excluding steroid dienone is 1. The summed E-state index contributed by atoms with van der Waals surface area (Å²) < 4.78 is 13.4. The average Bonchev–Trinajstić information content (AvgIpc) is 2.50. The van der Waals surface area contributed by atoms with Gasteiger partial charge < -0.3 is 4.74 Å². The fourth-order valence-electron chi connectivity index (χ4n) is 0.808. The van der Waals surface area contributed by atoms with Gasteiger partial charge in [0.1, 0.15) is 5.76 Å². The molecule has 2 rings (SSSR count). The maximum absolute atomic E-state index is 5.04. The Hall–Kier alpha value is -0.720. The monoisotopic (exact) mass is 263 g/mol. The molecule has 0 atom stereocenters. The molecule has 2 aliphatic heterocycles. The highest BCUT2D eigenvalue weighted by molar-refractivity contribution is 14.1. The molecule has 0 saturated heterocycles. The minimum absolute atomic E-state index is 0.348. The molecule has 0 unspecified atom stereocenters. The van der Waals surface area contributed by atoms with Gasteiger partial charge in [-0.25, -0.2) is 5.01 Å². The van der Waals surface area contributed by atoms with E-state index in [1.807, 2.05) is 18.4 Å². The van der Waals surface area contributed by atoms with E-state index in [1.54, 1.807) is 12.1 Å². The van der Waals surface area contributed by atoms with Gasteiger partial charge in [-0.3, -0.25) is 0 Å². The highest BCUT2D eigenvalue weighted by Gasteiger charge is 2.14. The summed E-state index contributed by atoms with van der Waals surface area (Å²) >= 11 is -0.348. The summed E-state index contributed by atoms with van der Waals surface area (Å²) in [6.07, 6.45) is 5.62. The number of methoxy groups -OCH3 is 1. The van der Waals surface area contributed by atoms with Gasteiger partial charge in [-0.1, -0.05) is 0 Å². The van der Waals surface area contributed by atoms with Crippen LogP contribution in [0.25, 0.3) is 0 Å². The summed E-state index contributed by atoms with van der Waals surface area (Å²) in [5.74, 6) is 1.73. The Labute approximate surface area is 74.7 Å². The molecular formula is C6H6IN3O. The van der Waals surface area contributed by atoms with E-state index >= 15 is 0 Å². The van der Waals surface area contributed by atoms with Gasteiger partial charge >= 0.3 is 0 Å². The van der Waals surface area contributed by atoms with E-state index in [-0.39, 0.29) is 21.3 Å². The molecule has 0 N–H and O–H groups in total. The quantitative estimate of drug-likeness (QED) is 0.676. The van der Waals surface area contributed by atoms with Gasteiger partial charge in [0.25, 0.3) is 0 Å². The van der Waals surface area contributed by atoms with Crippen molar-refractivity contribution in [1.29, 1.82) is 0 Å². The van der Waals surface area contributed by atoms with Crippen molar-refractivity contribution in [1.82, 2.24) is 5.01 Å². The first-order valence-corrected chi connectivity index (χ1v) is 4.98. The molecule has 0 bridgehead atoms. The van der Waals surface area contributed by atoms with Gasteiger partial charge in [0, 0.05) is 12.3 Å². The van der Waals surface area contributed by atoms with Crippen molar-refractivity contribution in [2.75, 3.05) is 7.11 Å². The van der Waals surface area contributed by atoms with Crippen molar-refractivity contribution in [3.05, 3.63) is 24.1 Å². The van der Waals surface area contributed by atoms with Crippen LogP contribution in [-0.2, 0) is 4.74 Å². The highest BCUT2D eigenvalue weighted by atomic mass is 127. The molecule has 0 fully saturated rings. The number of rotatable bonds is 1. The minimum atomic E-state index is -0.348. The van der Waals surface area contributed by atoms with Gasteiger partial charge in [-0.2, -0.15) is 3.21 Å². The molecule has 0 aromatic carbocycles. The smallest absolute Gasteiger partial charge is 0.167 e. The van der Waals surface area contributed by atoms with Crippen LogP contribution in [0.4, 0.5) is 0 Å². The SMILES string of the molecule is COC1=CC2=NI=NN2C=C1. The summed E-state index contributed by atoms with van der Waals surface area (Å²) in [6.45, 7) is 0. The predicted octanol–water partition coefficient (Wildman–Crippen LogP) is 1.74. The molecule has 0 saturated carbocycles. The number of hydrogen-bond donors (Lipinski definition) is 0. The van der Waals surface area contributed by atoms with Crippen LogP contribution >= 0.6 is 21.3 Å². The van der Waals surface area contributed by atoms with E-state index in [2.05, 4.69) is 6.46 Å². The Balaban J connectivity index is 2.29. The van der Waals surface area contributed by atoms with Crippen LogP contribution in [0.1, 0.15) is 0 Å². The normalized spacial score (nSPS) is 20.3. The molecule has 5 heteroatoms. The van der Waals surface area contributed by atoms with E-state index < -0.39 is 0 Å². The van der Waals surface area contributed by atoms with Crippen molar-refractivity contribution in [2.24, 2.45) is 6.46 Å². The Morgan fingerprint density at radius 2 is 2.55 bits per heavy atom. The molecule has 0 aromatic rings. The first-order valence-electron chi connectivity index (χ1n) is 3.06. The lowest BCUT2D eigenvalue weighted by Gasteiger charge is -2.13. The van der Waals surface area contributed by atoms with E-state index in [1.165, 1.54) is 0 Å². The molecule has 2 heterocycles. The molecule has 0 aromatic heterocycles. The summed E-state index contributed by atoms with van der Waals surface area (Å²) in [5.41, 5.74) is 0. The largest absolute Gasteiger partial charge is 0.497 e. The zero-order valence-corrected chi connectivity index (χ0v) is 8.02. The van der Waals surface area contributed by atoms with Crippen molar-refractivity contribution < 1.29 is 4.74 Å². The van der Waals surface area contributed by atoms with E-state index in [4.69, 9.17) is 4.74 Å². The predicted molar refractivity (Wildman–Crippen MR) is 50.0 cm³/mol. The molecule has 2 aliphatic rings. The first kappa shape index (κ1) is 6.96. The minimum Gasteiger partial charge on any atom is -0.497 e. The molecule has 58 valence electrons. The molecule has 0 radical (unpaired) electrons. The second kappa shape index (κ2) is 2.72. The van der Waals surface area contributed by atoms with Crippen LogP contribution < -0.4 is 0 Å². The van der Waals surface area contributed by atoms with Crippen LogP contribution in [0.3, 0.4) is 0 Å². The maximum Gasteiger partial charge on any atom is 0.167 e. The number of ether oxygens (including phenoxy) is 1. The average molecular weight is 263 g/mol. The maximum atomic E-state index is 5.04. The van der Waals surface area contributed by atoms with Gasteiger partial charge in [-0.05, 0) is 6.08 Å². The standard InChI is InChI=1S/C6H6IN3O/c1-11-5-2-3-10-6(4-5)8-7-9-10/h2-4H,1H3. The van der Waals surface area contributed by atoms with Crippen molar-refractivity contribution in [3.63, 3.8) is 0 Å². The zero-order valence-electron chi connectivity index (χ0n) is 5.86. The number of halogens is 1. The van der Waals surface area contributed by atoms with Gasteiger partial charge in [0.15, 0.2) is 27.1 Å². The summed E-state index contributed by atoms with van der Waals surface area (Å²) in [4.78, 5) is 0. The second-order valence-corrected chi connectivity index (χ2v) is 3.35. The molecule has 11 heavy (non-hydrogen) atoms. The summed E-state index contributed by atoms with van der Waals surface area (Å²) in [5, 5.41) is 1.79. The zero-order chi connectivity index (χ0) is 7.68. The number of nitrogens with zero attached hydrogens (tertiary/aromatic N) is 3. The lowest BCUT2D eigenvalue weighted by atomic mass is 10.3. The Bertz CT molecular complexity index is 292. The lowest BCUT2D eigenvalue weighted by molar-refractivity contribution is 0.304. The molecule has 0 aliphatic carbocycles. The third-order valence-corrected chi connectivity index (χ3v) is 2.73. The third-order valence-electron chi connectivity index (χ3n) is 1.36. The van der Waals surface area contributed by atoms with Crippen molar-refractivity contribution >= 4 is 27.1 Å². The van der Waals surface area contributed by atoms with Crippen molar-refractivity contribution in [2.45, 2.75) is 0 Å². The number of hydrogen-bond acceptors (Lipinski definition) is 4. The number of amidine groups is 1. The van der Waals surface area contributed by atoms with Gasteiger partial charge in [-0.15, -0.1) is 3.25 Å². The van der Waals surface area contributed by atoms with Crippen molar-refractivity contribution in [3.8, 4) is 0 Å². The van der Waals surface area contributed by atoms with E-state index in [0.717, 1.165) is 11.6 Å². The molecule has 0 amide bonds. The van der Waals surface area contributed by atoms with E-state index in [9.17, 15) is 0 Å². The Morgan fingerprint density at radius 1 is 1.64 bits per heavy atom. The van der Waals surface area contributed by atoms with Crippen LogP contribution in [0.5, 0.6) is 0 Å². The summed E-state index contributed by atoms with van der Waals surface area (Å²) in [7, 11) is 1.65. The fraction of sp³-hybridized carbons (Fsp3) is 0.167. The van der Waals surface area contributed by atoms with Crippen LogP contribution in [0.2, 0.25) is 0 Å². The highest BCUT2D eigenvalue weighted by Crippen LogP contribution is 2.22.